The molecule has 98 valence electrons. The number of pyridine rings is 1. The first-order valence-corrected chi connectivity index (χ1v) is 6.55. The van der Waals surface area contributed by atoms with Crippen molar-refractivity contribution < 1.29 is 4.79 Å². The highest BCUT2D eigenvalue weighted by molar-refractivity contribution is 5.92. The molecule has 0 unspecified atom stereocenters. The van der Waals surface area contributed by atoms with Crippen LogP contribution in [0.4, 0.5) is 0 Å². The summed E-state index contributed by atoms with van der Waals surface area (Å²) in [5.74, 6) is -0.417. The highest BCUT2D eigenvalue weighted by atomic mass is 16.1. The standard InChI is InChI=1S/C14H16N4O/c15-14(19)13-9-12(10-5-7-16-8-6-10)17-18(13)11-3-1-2-4-11/h5-9,11H,1-4H2,(H2,15,19). The van der Waals surface area contributed by atoms with Crippen LogP contribution in [0.2, 0.25) is 0 Å². The van der Waals surface area contributed by atoms with Gasteiger partial charge < -0.3 is 5.73 Å². The number of nitrogens with zero attached hydrogens (tertiary/aromatic N) is 3. The molecule has 19 heavy (non-hydrogen) atoms. The van der Waals surface area contributed by atoms with Crippen LogP contribution >= 0.6 is 0 Å². The number of carbonyl (C=O) groups is 1. The number of amides is 1. The summed E-state index contributed by atoms with van der Waals surface area (Å²) < 4.78 is 1.81. The zero-order valence-electron chi connectivity index (χ0n) is 10.6. The molecule has 0 aliphatic heterocycles. The van der Waals surface area contributed by atoms with E-state index in [1.165, 1.54) is 12.8 Å². The quantitative estimate of drug-likeness (QED) is 0.914. The Morgan fingerprint density at radius 3 is 2.58 bits per heavy atom. The van der Waals surface area contributed by atoms with Gasteiger partial charge in [0, 0.05) is 18.0 Å². The summed E-state index contributed by atoms with van der Waals surface area (Å²) in [5, 5.41) is 4.57. The molecule has 0 atom stereocenters. The number of carbonyl (C=O) groups excluding carboxylic acids is 1. The predicted molar refractivity (Wildman–Crippen MR) is 71.5 cm³/mol. The van der Waals surface area contributed by atoms with Crippen molar-refractivity contribution in [2.24, 2.45) is 5.73 Å². The number of rotatable bonds is 3. The molecule has 0 aromatic carbocycles. The molecule has 0 saturated heterocycles. The number of hydrogen-bond acceptors (Lipinski definition) is 3. The van der Waals surface area contributed by atoms with Gasteiger partial charge in [0.15, 0.2) is 0 Å². The molecule has 0 radical (unpaired) electrons. The van der Waals surface area contributed by atoms with Crippen LogP contribution in [-0.2, 0) is 0 Å². The summed E-state index contributed by atoms with van der Waals surface area (Å²) in [6.07, 6.45) is 7.94. The van der Waals surface area contributed by atoms with Gasteiger partial charge in [0.25, 0.3) is 5.91 Å². The lowest BCUT2D eigenvalue weighted by Crippen LogP contribution is -2.20. The molecule has 1 aliphatic carbocycles. The van der Waals surface area contributed by atoms with Crippen molar-refractivity contribution in [3.05, 3.63) is 36.3 Å². The molecule has 2 heterocycles. The molecule has 5 nitrogen and oxygen atoms in total. The molecule has 3 rings (SSSR count). The molecule has 2 N–H and O–H groups in total. The van der Waals surface area contributed by atoms with E-state index in [4.69, 9.17) is 5.73 Å². The van der Waals surface area contributed by atoms with Gasteiger partial charge in [-0.2, -0.15) is 5.10 Å². The van der Waals surface area contributed by atoms with E-state index in [0.29, 0.717) is 11.7 Å². The summed E-state index contributed by atoms with van der Waals surface area (Å²) in [6, 6.07) is 5.84. The van der Waals surface area contributed by atoms with E-state index in [0.717, 1.165) is 24.1 Å². The molecular formula is C14H16N4O. The first-order chi connectivity index (χ1) is 9.25. The fourth-order valence-electron chi connectivity index (χ4n) is 2.67. The van der Waals surface area contributed by atoms with Gasteiger partial charge in [-0.3, -0.25) is 14.5 Å². The summed E-state index contributed by atoms with van der Waals surface area (Å²) >= 11 is 0. The van der Waals surface area contributed by atoms with Crippen molar-refractivity contribution in [1.82, 2.24) is 14.8 Å². The van der Waals surface area contributed by atoms with E-state index in [1.54, 1.807) is 18.5 Å². The Kier molecular flexibility index (Phi) is 3.03. The molecule has 0 spiro atoms. The van der Waals surface area contributed by atoms with Gasteiger partial charge in [-0.25, -0.2) is 0 Å². The monoisotopic (exact) mass is 256 g/mol. The van der Waals surface area contributed by atoms with Crippen LogP contribution in [0.25, 0.3) is 11.3 Å². The van der Waals surface area contributed by atoms with Gasteiger partial charge in [-0.05, 0) is 31.0 Å². The van der Waals surface area contributed by atoms with E-state index >= 15 is 0 Å². The molecule has 1 fully saturated rings. The smallest absolute Gasteiger partial charge is 0.267 e. The molecule has 2 aromatic heterocycles. The van der Waals surface area contributed by atoms with E-state index in [-0.39, 0.29) is 0 Å². The largest absolute Gasteiger partial charge is 0.364 e. The van der Waals surface area contributed by atoms with Crippen LogP contribution in [0.15, 0.2) is 30.6 Å². The van der Waals surface area contributed by atoms with Crippen LogP contribution in [0.3, 0.4) is 0 Å². The lowest BCUT2D eigenvalue weighted by molar-refractivity contribution is 0.0987. The molecule has 1 saturated carbocycles. The second-order valence-corrected chi connectivity index (χ2v) is 4.90. The van der Waals surface area contributed by atoms with Crippen molar-refractivity contribution in [3.63, 3.8) is 0 Å². The highest BCUT2D eigenvalue weighted by Crippen LogP contribution is 2.31. The first-order valence-electron chi connectivity index (χ1n) is 6.55. The van der Waals surface area contributed by atoms with E-state index in [1.807, 2.05) is 16.8 Å². The average Bonchev–Trinajstić information content (AvgIpc) is 3.08. The number of aromatic nitrogens is 3. The Hall–Kier alpha value is -2.17. The van der Waals surface area contributed by atoms with E-state index in [9.17, 15) is 4.79 Å². The fourth-order valence-corrected chi connectivity index (χ4v) is 2.67. The molecular weight excluding hydrogens is 240 g/mol. The van der Waals surface area contributed by atoms with Gasteiger partial charge in [0.2, 0.25) is 0 Å². The lowest BCUT2D eigenvalue weighted by atomic mass is 10.2. The predicted octanol–water partition coefficient (Wildman–Crippen LogP) is 2.16. The molecule has 1 aliphatic rings. The number of primary amides is 1. The van der Waals surface area contributed by atoms with Gasteiger partial charge in [-0.1, -0.05) is 12.8 Å². The molecule has 1 amide bonds. The van der Waals surface area contributed by atoms with Crippen molar-refractivity contribution >= 4 is 5.91 Å². The summed E-state index contributed by atoms with van der Waals surface area (Å²) in [5.41, 5.74) is 7.69. The SMILES string of the molecule is NC(=O)c1cc(-c2ccncc2)nn1C1CCCC1. The Morgan fingerprint density at radius 2 is 1.95 bits per heavy atom. The zero-order valence-corrected chi connectivity index (χ0v) is 10.6. The van der Waals surface area contributed by atoms with Crippen LogP contribution in [0.1, 0.15) is 42.2 Å². The van der Waals surface area contributed by atoms with Crippen molar-refractivity contribution in [1.29, 1.82) is 0 Å². The van der Waals surface area contributed by atoms with Gasteiger partial charge >= 0.3 is 0 Å². The van der Waals surface area contributed by atoms with Crippen molar-refractivity contribution in [3.8, 4) is 11.3 Å². The maximum atomic E-state index is 11.6. The zero-order chi connectivity index (χ0) is 13.2. The maximum absolute atomic E-state index is 11.6. The third-order valence-electron chi connectivity index (χ3n) is 3.63. The first kappa shape index (κ1) is 11.9. The Balaban J connectivity index is 2.04. The Morgan fingerprint density at radius 1 is 1.26 bits per heavy atom. The van der Waals surface area contributed by atoms with Gasteiger partial charge in [0.1, 0.15) is 5.69 Å². The summed E-state index contributed by atoms with van der Waals surface area (Å²) in [6.45, 7) is 0. The fraction of sp³-hybridized carbons (Fsp3) is 0.357. The van der Waals surface area contributed by atoms with Crippen LogP contribution < -0.4 is 5.73 Å². The van der Waals surface area contributed by atoms with E-state index in [2.05, 4.69) is 10.1 Å². The molecule has 0 bridgehead atoms. The van der Waals surface area contributed by atoms with Crippen molar-refractivity contribution in [2.45, 2.75) is 31.7 Å². The lowest BCUT2D eigenvalue weighted by Gasteiger charge is -2.12. The van der Waals surface area contributed by atoms with Gasteiger partial charge in [-0.15, -0.1) is 0 Å². The Labute approximate surface area is 111 Å². The molecule has 2 aromatic rings. The number of hydrogen-bond donors (Lipinski definition) is 1. The minimum atomic E-state index is -0.417. The van der Waals surface area contributed by atoms with Crippen LogP contribution in [0.5, 0.6) is 0 Å². The molecule has 5 heteroatoms. The third-order valence-corrected chi connectivity index (χ3v) is 3.63. The normalized spacial score (nSPS) is 15.8. The maximum Gasteiger partial charge on any atom is 0.267 e. The minimum Gasteiger partial charge on any atom is -0.364 e. The summed E-state index contributed by atoms with van der Waals surface area (Å²) in [4.78, 5) is 15.6. The third kappa shape index (κ3) is 2.23. The Bertz CT molecular complexity index is 585. The van der Waals surface area contributed by atoms with Crippen LogP contribution in [0, 0.1) is 0 Å². The second-order valence-electron chi connectivity index (χ2n) is 4.90. The van der Waals surface area contributed by atoms with Crippen LogP contribution in [-0.4, -0.2) is 20.7 Å². The van der Waals surface area contributed by atoms with Crippen molar-refractivity contribution in [2.75, 3.05) is 0 Å². The second kappa shape index (κ2) is 4.84. The van der Waals surface area contributed by atoms with E-state index < -0.39 is 5.91 Å². The topological polar surface area (TPSA) is 73.8 Å². The number of nitrogens with two attached hydrogens (primary N) is 1. The minimum absolute atomic E-state index is 0.304. The van der Waals surface area contributed by atoms with Gasteiger partial charge in [0.05, 0.1) is 11.7 Å². The average molecular weight is 256 g/mol. The highest BCUT2D eigenvalue weighted by Gasteiger charge is 2.23. The summed E-state index contributed by atoms with van der Waals surface area (Å²) in [7, 11) is 0.